The van der Waals surface area contributed by atoms with E-state index in [1.54, 1.807) is 30.5 Å². The van der Waals surface area contributed by atoms with Crippen molar-refractivity contribution in [3.63, 3.8) is 0 Å². The second-order valence-corrected chi connectivity index (χ2v) is 7.25. The molecule has 130 valence electrons. The predicted molar refractivity (Wildman–Crippen MR) is 99.3 cm³/mol. The molecule has 0 fully saturated rings. The number of aromatic nitrogens is 1. The maximum Gasteiger partial charge on any atom is 0.262 e. The fourth-order valence-corrected chi connectivity index (χ4v) is 3.76. The van der Waals surface area contributed by atoms with E-state index in [9.17, 15) is 13.7 Å². The number of terminal acetylenes is 1. The monoisotopic (exact) mass is 365 g/mol. The molecular formula is C19H15N3O3S. The van der Waals surface area contributed by atoms with E-state index in [-0.39, 0.29) is 11.5 Å². The molecule has 0 atom stereocenters. The highest BCUT2D eigenvalue weighted by Crippen LogP contribution is 2.30. The second-order valence-electron chi connectivity index (χ2n) is 5.57. The third-order valence-corrected chi connectivity index (χ3v) is 5.21. The van der Waals surface area contributed by atoms with Gasteiger partial charge in [-0.15, -0.1) is 6.42 Å². The molecule has 2 aromatic carbocycles. The van der Waals surface area contributed by atoms with E-state index in [0.29, 0.717) is 27.9 Å². The van der Waals surface area contributed by atoms with Crippen molar-refractivity contribution in [2.24, 2.45) is 0 Å². The highest BCUT2D eigenvalue weighted by Gasteiger charge is 2.18. The van der Waals surface area contributed by atoms with Crippen LogP contribution in [0.5, 0.6) is 5.75 Å². The van der Waals surface area contributed by atoms with Gasteiger partial charge in [0.05, 0.1) is 21.7 Å². The van der Waals surface area contributed by atoms with Crippen LogP contribution >= 0.6 is 0 Å². The van der Waals surface area contributed by atoms with Crippen LogP contribution in [0.2, 0.25) is 0 Å². The Kier molecular flexibility index (Phi) is 4.57. The molecule has 0 amide bonds. The topological polar surface area (TPSA) is 95.0 Å². The van der Waals surface area contributed by atoms with Crippen molar-refractivity contribution < 1.29 is 13.2 Å². The van der Waals surface area contributed by atoms with Crippen LogP contribution in [-0.2, 0) is 10.0 Å². The Bertz CT molecular complexity index is 1160. The molecule has 1 heterocycles. The summed E-state index contributed by atoms with van der Waals surface area (Å²) < 4.78 is 33.3. The normalized spacial score (nSPS) is 10.9. The molecular weight excluding hydrogens is 350 g/mol. The molecule has 3 aromatic rings. The van der Waals surface area contributed by atoms with Crippen molar-refractivity contribution in [3.05, 3.63) is 53.7 Å². The number of hydrogen-bond donors (Lipinski definition) is 2. The lowest BCUT2D eigenvalue weighted by molar-refractivity contribution is 0.369. The molecule has 0 aliphatic heterocycles. The molecule has 3 rings (SSSR count). The summed E-state index contributed by atoms with van der Waals surface area (Å²) in [5.41, 5.74) is 2.26. The van der Waals surface area contributed by atoms with Crippen LogP contribution in [0.1, 0.15) is 11.1 Å². The van der Waals surface area contributed by atoms with Crippen LogP contribution in [-0.4, -0.2) is 20.0 Å². The van der Waals surface area contributed by atoms with Gasteiger partial charge in [0.15, 0.2) is 0 Å². The van der Waals surface area contributed by atoms with Gasteiger partial charge in [0.1, 0.15) is 18.4 Å². The summed E-state index contributed by atoms with van der Waals surface area (Å²) in [6.07, 6.45) is 6.71. The van der Waals surface area contributed by atoms with Crippen LogP contribution in [0.4, 0.5) is 5.69 Å². The zero-order chi connectivity index (χ0) is 18.7. The number of aromatic amines is 1. The van der Waals surface area contributed by atoms with Gasteiger partial charge in [0.25, 0.3) is 10.0 Å². The Labute approximate surface area is 151 Å². The summed E-state index contributed by atoms with van der Waals surface area (Å²) in [5, 5.41) is 9.91. The smallest absolute Gasteiger partial charge is 0.262 e. The third kappa shape index (κ3) is 3.21. The minimum atomic E-state index is -3.85. The highest BCUT2D eigenvalue weighted by molar-refractivity contribution is 7.92. The molecule has 1 aromatic heterocycles. The Morgan fingerprint density at radius 3 is 2.85 bits per heavy atom. The molecule has 0 spiro atoms. The standard InChI is InChI=1S/C19H15N3O3S/c1-3-9-25-15-5-4-6-16(10-15)26(23,24)22-17-8-7-13(2)18-14(11-20)12-21-19(17)18/h1,4-8,10,12,21-22H,9H2,2H3. The van der Waals surface area contributed by atoms with Crippen LogP contribution in [0.3, 0.4) is 0 Å². The van der Waals surface area contributed by atoms with Crippen LogP contribution in [0.15, 0.2) is 47.5 Å². The average Bonchev–Trinajstić information content (AvgIpc) is 3.08. The molecule has 0 unspecified atom stereocenters. The number of hydrogen-bond acceptors (Lipinski definition) is 4. The molecule has 2 N–H and O–H groups in total. The summed E-state index contributed by atoms with van der Waals surface area (Å²) >= 11 is 0. The largest absolute Gasteiger partial charge is 0.481 e. The molecule has 26 heavy (non-hydrogen) atoms. The van der Waals surface area contributed by atoms with E-state index in [1.165, 1.54) is 12.1 Å². The van der Waals surface area contributed by atoms with Gasteiger partial charge in [0.2, 0.25) is 0 Å². The molecule has 0 saturated heterocycles. The van der Waals surface area contributed by atoms with Gasteiger partial charge in [0, 0.05) is 17.6 Å². The summed E-state index contributed by atoms with van der Waals surface area (Å²) in [6.45, 7) is 1.91. The van der Waals surface area contributed by atoms with E-state index in [2.05, 4.69) is 21.7 Å². The minimum Gasteiger partial charge on any atom is -0.481 e. The first-order chi connectivity index (χ1) is 12.5. The summed E-state index contributed by atoms with van der Waals surface area (Å²) in [5.74, 6) is 2.70. The lowest BCUT2D eigenvalue weighted by Crippen LogP contribution is -2.13. The number of anilines is 1. The highest BCUT2D eigenvalue weighted by atomic mass is 32.2. The van der Waals surface area contributed by atoms with Gasteiger partial charge >= 0.3 is 0 Å². The number of rotatable bonds is 5. The third-order valence-electron chi connectivity index (χ3n) is 3.85. The number of nitrogens with one attached hydrogen (secondary N) is 2. The Hall–Kier alpha value is -3.42. The van der Waals surface area contributed by atoms with Gasteiger partial charge in [-0.1, -0.05) is 18.1 Å². The Morgan fingerprint density at radius 2 is 2.12 bits per heavy atom. The van der Waals surface area contributed by atoms with Crippen LogP contribution < -0.4 is 9.46 Å². The summed E-state index contributed by atoms with van der Waals surface area (Å²) in [4.78, 5) is 3.01. The van der Waals surface area contributed by atoms with Gasteiger partial charge in [-0.05, 0) is 30.7 Å². The van der Waals surface area contributed by atoms with Crippen molar-refractivity contribution in [1.29, 1.82) is 5.26 Å². The first-order valence-electron chi connectivity index (χ1n) is 7.66. The number of aryl methyl sites for hydroxylation is 1. The molecule has 0 aliphatic rings. The van der Waals surface area contributed by atoms with E-state index in [4.69, 9.17) is 11.2 Å². The van der Waals surface area contributed by atoms with Crippen molar-refractivity contribution in [2.75, 3.05) is 11.3 Å². The fourth-order valence-electron chi connectivity index (χ4n) is 2.65. The first-order valence-corrected chi connectivity index (χ1v) is 9.14. The average molecular weight is 365 g/mol. The van der Waals surface area contributed by atoms with Crippen molar-refractivity contribution in [3.8, 4) is 24.2 Å². The Morgan fingerprint density at radius 1 is 1.31 bits per heavy atom. The zero-order valence-corrected chi connectivity index (χ0v) is 14.7. The summed E-state index contributed by atoms with van der Waals surface area (Å²) in [6, 6.07) is 11.6. The predicted octanol–water partition coefficient (Wildman–Crippen LogP) is 3.16. The quantitative estimate of drug-likeness (QED) is 0.679. The number of ether oxygens (including phenoxy) is 1. The van der Waals surface area contributed by atoms with Crippen LogP contribution in [0.25, 0.3) is 10.9 Å². The lowest BCUT2D eigenvalue weighted by atomic mass is 10.1. The molecule has 7 heteroatoms. The number of nitrogens with zero attached hydrogens (tertiary/aromatic N) is 1. The molecule has 0 aliphatic carbocycles. The number of nitriles is 1. The Balaban J connectivity index is 2.00. The number of benzene rings is 2. The SMILES string of the molecule is C#CCOc1cccc(S(=O)(=O)Nc2ccc(C)c3c(C#N)c[nH]c23)c1. The van der Waals surface area contributed by atoms with E-state index in [1.807, 2.05) is 6.92 Å². The molecule has 0 saturated carbocycles. The molecule has 6 nitrogen and oxygen atoms in total. The second kappa shape index (κ2) is 6.83. The fraction of sp³-hybridized carbons (Fsp3) is 0.105. The molecule has 0 bridgehead atoms. The lowest BCUT2D eigenvalue weighted by Gasteiger charge is -2.11. The number of fused-ring (bicyclic) bond motifs is 1. The number of H-pyrrole nitrogens is 1. The number of sulfonamides is 1. The van der Waals surface area contributed by atoms with E-state index >= 15 is 0 Å². The van der Waals surface area contributed by atoms with Gasteiger partial charge in [-0.25, -0.2) is 8.42 Å². The zero-order valence-electron chi connectivity index (χ0n) is 13.9. The van der Waals surface area contributed by atoms with Crippen molar-refractivity contribution in [1.82, 2.24) is 4.98 Å². The van der Waals surface area contributed by atoms with E-state index in [0.717, 1.165) is 5.56 Å². The molecule has 0 radical (unpaired) electrons. The van der Waals surface area contributed by atoms with Crippen molar-refractivity contribution >= 4 is 26.6 Å². The van der Waals surface area contributed by atoms with E-state index < -0.39 is 10.0 Å². The first kappa shape index (κ1) is 17.4. The minimum absolute atomic E-state index is 0.0489. The maximum absolute atomic E-state index is 12.7. The van der Waals surface area contributed by atoms with Gasteiger partial charge in [-0.3, -0.25) is 4.72 Å². The van der Waals surface area contributed by atoms with Gasteiger partial charge < -0.3 is 9.72 Å². The van der Waals surface area contributed by atoms with Crippen molar-refractivity contribution in [2.45, 2.75) is 11.8 Å². The van der Waals surface area contributed by atoms with Gasteiger partial charge in [-0.2, -0.15) is 5.26 Å². The maximum atomic E-state index is 12.7. The van der Waals surface area contributed by atoms with Crippen LogP contribution in [0, 0.1) is 30.6 Å². The summed E-state index contributed by atoms with van der Waals surface area (Å²) in [7, 11) is -3.85.